The molecule has 1 aliphatic rings. The summed E-state index contributed by atoms with van der Waals surface area (Å²) < 4.78 is 11.4. The lowest BCUT2D eigenvalue weighted by Crippen LogP contribution is -2.36. The highest BCUT2D eigenvalue weighted by Gasteiger charge is 2.32. The molecule has 2 aromatic carbocycles. The fraction of sp³-hybridized carbons (Fsp3) is 0.222. The molecule has 8 nitrogen and oxygen atoms in total. The number of hydrazone groups is 1. The van der Waals surface area contributed by atoms with Gasteiger partial charge in [-0.15, -0.1) is 5.10 Å². The lowest BCUT2D eigenvalue weighted by atomic mass is 10.2. The van der Waals surface area contributed by atoms with E-state index >= 15 is 0 Å². The molecule has 0 saturated carbocycles. The number of nitro groups is 1. The van der Waals surface area contributed by atoms with Gasteiger partial charge in [-0.05, 0) is 25.1 Å². The minimum absolute atomic E-state index is 0.0740. The molecule has 1 atom stereocenters. The van der Waals surface area contributed by atoms with E-state index in [4.69, 9.17) is 9.47 Å². The van der Waals surface area contributed by atoms with E-state index in [0.29, 0.717) is 11.3 Å². The predicted octanol–water partition coefficient (Wildman–Crippen LogP) is 2.85. The molecular weight excluding hydrogens is 338 g/mol. The Balaban J connectivity index is 1.75. The van der Waals surface area contributed by atoms with Crippen LogP contribution in [0.5, 0.6) is 5.75 Å². The second-order valence-electron chi connectivity index (χ2n) is 5.77. The van der Waals surface area contributed by atoms with Crippen LogP contribution in [0.3, 0.4) is 0 Å². The molecule has 1 amide bonds. The van der Waals surface area contributed by atoms with Gasteiger partial charge in [0.25, 0.3) is 5.69 Å². The molecule has 0 radical (unpaired) electrons. The van der Waals surface area contributed by atoms with E-state index in [0.717, 1.165) is 5.56 Å². The van der Waals surface area contributed by atoms with Crippen molar-refractivity contribution in [3.05, 3.63) is 69.8 Å². The van der Waals surface area contributed by atoms with Crippen LogP contribution in [0.4, 0.5) is 5.69 Å². The first-order valence-electron chi connectivity index (χ1n) is 7.93. The monoisotopic (exact) mass is 355 g/mol. The Bertz CT molecular complexity index is 863. The van der Waals surface area contributed by atoms with E-state index in [1.807, 2.05) is 31.2 Å². The van der Waals surface area contributed by atoms with Gasteiger partial charge in [0.1, 0.15) is 12.4 Å². The first-order valence-corrected chi connectivity index (χ1v) is 7.93. The molecule has 0 bridgehead atoms. The fourth-order valence-corrected chi connectivity index (χ4v) is 2.42. The van der Waals surface area contributed by atoms with Gasteiger partial charge >= 0.3 is 0 Å². The van der Waals surface area contributed by atoms with Crippen LogP contribution >= 0.6 is 0 Å². The quantitative estimate of drug-likeness (QED) is 0.607. The van der Waals surface area contributed by atoms with Crippen molar-refractivity contribution in [2.24, 2.45) is 5.10 Å². The number of hydrogen-bond acceptors (Lipinski definition) is 6. The van der Waals surface area contributed by atoms with E-state index in [9.17, 15) is 14.9 Å². The largest absolute Gasteiger partial charge is 0.488 e. The average Bonchev–Trinajstić information content (AvgIpc) is 3.06. The number of carbonyl (C=O) groups excluding carboxylic acids is 1. The van der Waals surface area contributed by atoms with Gasteiger partial charge in [-0.1, -0.05) is 23.8 Å². The van der Waals surface area contributed by atoms with E-state index in [1.54, 1.807) is 6.07 Å². The summed E-state index contributed by atoms with van der Waals surface area (Å²) in [5.74, 6) is 0.468. The van der Waals surface area contributed by atoms with Gasteiger partial charge in [-0.2, -0.15) is 5.01 Å². The zero-order valence-corrected chi connectivity index (χ0v) is 14.3. The van der Waals surface area contributed by atoms with Gasteiger partial charge in [0.05, 0.1) is 4.92 Å². The molecule has 0 fully saturated rings. The summed E-state index contributed by atoms with van der Waals surface area (Å²) in [6.07, 6.45) is -0.747. The molecule has 1 aliphatic heterocycles. The Morgan fingerprint density at radius 2 is 2.04 bits per heavy atom. The van der Waals surface area contributed by atoms with Crippen LogP contribution in [0.2, 0.25) is 0 Å². The number of rotatable bonds is 5. The third kappa shape index (κ3) is 3.80. The standard InChI is InChI=1S/C18H17N3O5/c1-12-6-8-16(9-7-12)25-11-17-20(13(2)22)19-18(26-17)14-4-3-5-15(10-14)21(23)24/h3-10,17H,11H2,1-2H3. The van der Waals surface area contributed by atoms with Crippen LogP contribution in [0.15, 0.2) is 53.6 Å². The molecule has 3 rings (SSSR count). The Kier molecular flexibility index (Phi) is 4.83. The molecule has 0 N–H and O–H groups in total. The van der Waals surface area contributed by atoms with Crippen molar-refractivity contribution < 1.29 is 19.2 Å². The highest BCUT2D eigenvalue weighted by atomic mass is 16.6. The molecule has 0 spiro atoms. The molecule has 26 heavy (non-hydrogen) atoms. The van der Waals surface area contributed by atoms with Crippen molar-refractivity contribution in [1.29, 1.82) is 0 Å². The third-order valence-electron chi connectivity index (χ3n) is 3.76. The molecule has 8 heteroatoms. The predicted molar refractivity (Wildman–Crippen MR) is 93.7 cm³/mol. The van der Waals surface area contributed by atoms with Gasteiger partial charge < -0.3 is 9.47 Å². The van der Waals surface area contributed by atoms with E-state index < -0.39 is 11.2 Å². The van der Waals surface area contributed by atoms with Gasteiger partial charge in [0.15, 0.2) is 0 Å². The highest BCUT2D eigenvalue weighted by molar-refractivity contribution is 5.96. The SMILES string of the molecule is CC(=O)N1N=C(c2cccc([N+](=O)[O-])c2)OC1COc1ccc(C)cc1. The number of ether oxygens (including phenoxy) is 2. The molecular formula is C18H17N3O5. The smallest absolute Gasteiger partial charge is 0.270 e. The molecule has 0 saturated heterocycles. The Hall–Kier alpha value is -3.42. The van der Waals surface area contributed by atoms with E-state index in [2.05, 4.69) is 5.10 Å². The van der Waals surface area contributed by atoms with Crippen molar-refractivity contribution in [3.63, 3.8) is 0 Å². The minimum Gasteiger partial charge on any atom is -0.488 e. The Morgan fingerprint density at radius 1 is 1.31 bits per heavy atom. The lowest BCUT2D eigenvalue weighted by molar-refractivity contribution is -0.384. The van der Waals surface area contributed by atoms with Gasteiger partial charge in [-0.3, -0.25) is 14.9 Å². The summed E-state index contributed by atoms with van der Waals surface area (Å²) in [7, 11) is 0. The average molecular weight is 355 g/mol. The summed E-state index contributed by atoms with van der Waals surface area (Å²) in [4.78, 5) is 22.3. The Labute approximate surface area is 149 Å². The molecule has 2 aromatic rings. The topological polar surface area (TPSA) is 94.3 Å². The Morgan fingerprint density at radius 3 is 2.69 bits per heavy atom. The summed E-state index contributed by atoms with van der Waals surface area (Å²) in [6.45, 7) is 3.41. The van der Waals surface area contributed by atoms with Gasteiger partial charge in [0, 0.05) is 24.6 Å². The van der Waals surface area contributed by atoms with Crippen LogP contribution in [0.1, 0.15) is 18.1 Å². The number of carbonyl (C=O) groups is 1. The van der Waals surface area contributed by atoms with Crippen LogP contribution in [0.25, 0.3) is 0 Å². The molecule has 1 unspecified atom stereocenters. The number of nitrogens with zero attached hydrogens (tertiary/aromatic N) is 3. The second kappa shape index (κ2) is 7.22. The summed E-state index contributed by atoms with van der Waals surface area (Å²) in [5.41, 5.74) is 1.45. The maximum absolute atomic E-state index is 11.8. The zero-order chi connectivity index (χ0) is 18.7. The number of nitro benzene ring substituents is 1. The van der Waals surface area contributed by atoms with Crippen molar-refractivity contribution in [2.75, 3.05) is 6.61 Å². The fourth-order valence-electron chi connectivity index (χ4n) is 2.42. The zero-order valence-electron chi connectivity index (χ0n) is 14.3. The lowest BCUT2D eigenvalue weighted by Gasteiger charge is -2.19. The number of benzene rings is 2. The van der Waals surface area contributed by atoms with Crippen LogP contribution in [-0.2, 0) is 9.53 Å². The summed E-state index contributed by atoms with van der Waals surface area (Å²) >= 11 is 0. The molecule has 0 aliphatic carbocycles. The first kappa shape index (κ1) is 17.4. The molecule has 0 aromatic heterocycles. The third-order valence-corrected chi connectivity index (χ3v) is 3.76. The maximum atomic E-state index is 11.8. The number of hydrogen-bond donors (Lipinski definition) is 0. The number of aryl methyl sites for hydroxylation is 1. The van der Waals surface area contributed by atoms with Crippen molar-refractivity contribution in [2.45, 2.75) is 20.1 Å². The van der Waals surface area contributed by atoms with Gasteiger partial charge in [0.2, 0.25) is 18.0 Å². The van der Waals surface area contributed by atoms with Gasteiger partial charge in [-0.25, -0.2) is 0 Å². The number of amides is 1. The van der Waals surface area contributed by atoms with E-state index in [1.165, 1.54) is 30.1 Å². The number of non-ortho nitro benzene ring substituents is 1. The molecule has 134 valence electrons. The van der Waals surface area contributed by atoms with Crippen LogP contribution in [0, 0.1) is 17.0 Å². The first-order chi connectivity index (χ1) is 12.4. The highest BCUT2D eigenvalue weighted by Crippen LogP contribution is 2.22. The van der Waals surface area contributed by atoms with Crippen molar-refractivity contribution in [3.8, 4) is 5.75 Å². The molecule has 1 heterocycles. The van der Waals surface area contributed by atoms with Crippen molar-refractivity contribution in [1.82, 2.24) is 5.01 Å². The second-order valence-corrected chi connectivity index (χ2v) is 5.77. The maximum Gasteiger partial charge on any atom is 0.270 e. The van der Waals surface area contributed by atoms with Crippen LogP contribution < -0.4 is 4.74 Å². The summed E-state index contributed by atoms with van der Waals surface area (Å²) in [5, 5.41) is 16.2. The normalized spacial score (nSPS) is 16.0. The van der Waals surface area contributed by atoms with Crippen molar-refractivity contribution >= 4 is 17.5 Å². The summed E-state index contributed by atoms with van der Waals surface area (Å²) in [6, 6.07) is 13.4. The van der Waals surface area contributed by atoms with Crippen LogP contribution in [-0.4, -0.2) is 34.6 Å². The van der Waals surface area contributed by atoms with E-state index in [-0.39, 0.29) is 24.1 Å². The minimum atomic E-state index is -0.747.